The van der Waals surface area contributed by atoms with Gasteiger partial charge < -0.3 is 14.6 Å². The molecule has 28 heavy (non-hydrogen) atoms. The van der Waals surface area contributed by atoms with E-state index in [0.29, 0.717) is 24.2 Å². The van der Waals surface area contributed by atoms with Gasteiger partial charge in [0.2, 0.25) is 11.9 Å². The molecule has 1 aliphatic rings. The van der Waals surface area contributed by atoms with Gasteiger partial charge in [0, 0.05) is 19.6 Å². The van der Waals surface area contributed by atoms with Gasteiger partial charge >= 0.3 is 6.03 Å². The van der Waals surface area contributed by atoms with Gasteiger partial charge in [-0.2, -0.15) is 0 Å². The SMILES string of the molecule is CCNC(=O)NC(=O)CSc1nnc(N2CCC(C)CC2)n1Cc1ccco1. The summed E-state index contributed by atoms with van der Waals surface area (Å²) in [5.41, 5.74) is 0. The zero-order valence-corrected chi connectivity index (χ0v) is 17.0. The molecule has 1 fully saturated rings. The van der Waals surface area contributed by atoms with Crippen LogP contribution in [-0.2, 0) is 11.3 Å². The van der Waals surface area contributed by atoms with Crippen LogP contribution in [0.1, 0.15) is 32.4 Å². The maximum absolute atomic E-state index is 12.0. The molecule has 3 rings (SSSR count). The molecule has 2 aromatic rings. The average Bonchev–Trinajstić information content (AvgIpc) is 3.31. The molecule has 3 heterocycles. The summed E-state index contributed by atoms with van der Waals surface area (Å²) >= 11 is 1.25. The second-order valence-corrected chi connectivity index (χ2v) is 7.76. The lowest BCUT2D eigenvalue weighted by molar-refractivity contribution is -0.117. The molecule has 2 aromatic heterocycles. The minimum absolute atomic E-state index is 0.0739. The van der Waals surface area contributed by atoms with E-state index in [4.69, 9.17) is 4.42 Å². The van der Waals surface area contributed by atoms with Crippen LogP contribution in [0.5, 0.6) is 0 Å². The second-order valence-electron chi connectivity index (χ2n) is 6.81. The smallest absolute Gasteiger partial charge is 0.321 e. The summed E-state index contributed by atoms with van der Waals surface area (Å²) in [5, 5.41) is 14.1. The molecule has 9 nitrogen and oxygen atoms in total. The fourth-order valence-corrected chi connectivity index (χ4v) is 3.76. The third kappa shape index (κ3) is 5.28. The molecule has 0 saturated carbocycles. The number of carbonyl (C=O) groups is 2. The first-order valence-corrected chi connectivity index (χ1v) is 10.5. The Morgan fingerprint density at radius 3 is 2.79 bits per heavy atom. The van der Waals surface area contributed by atoms with Crippen molar-refractivity contribution in [1.82, 2.24) is 25.4 Å². The quantitative estimate of drug-likeness (QED) is 0.678. The van der Waals surface area contributed by atoms with E-state index in [1.807, 2.05) is 16.7 Å². The highest BCUT2D eigenvalue weighted by Crippen LogP contribution is 2.27. The largest absolute Gasteiger partial charge is 0.467 e. The molecule has 1 aliphatic heterocycles. The highest BCUT2D eigenvalue weighted by Gasteiger charge is 2.23. The molecule has 3 amide bonds. The van der Waals surface area contributed by atoms with Crippen LogP contribution in [-0.4, -0.2) is 52.1 Å². The van der Waals surface area contributed by atoms with Crippen molar-refractivity contribution in [1.29, 1.82) is 0 Å². The second kappa shape index (κ2) is 9.63. The van der Waals surface area contributed by atoms with Gasteiger partial charge in [-0.1, -0.05) is 18.7 Å². The van der Waals surface area contributed by atoms with E-state index in [9.17, 15) is 9.59 Å². The Morgan fingerprint density at radius 2 is 2.11 bits per heavy atom. The van der Waals surface area contributed by atoms with Gasteiger partial charge in [0.25, 0.3) is 0 Å². The van der Waals surface area contributed by atoms with Crippen LogP contribution in [0.15, 0.2) is 28.0 Å². The van der Waals surface area contributed by atoms with Gasteiger partial charge in [-0.05, 0) is 37.8 Å². The van der Waals surface area contributed by atoms with E-state index in [2.05, 4.69) is 32.7 Å². The van der Waals surface area contributed by atoms with Gasteiger partial charge in [0.15, 0.2) is 5.16 Å². The molecule has 0 spiro atoms. The monoisotopic (exact) mass is 406 g/mol. The zero-order valence-electron chi connectivity index (χ0n) is 16.2. The number of aromatic nitrogens is 3. The normalized spacial score (nSPS) is 14.9. The van der Waals surface area contributed by atoms with Crippen molar-refractivity contribution in [3.05, 3.63) is 24.2 Å². The first-order chi connectivity index (χ1) is 13.6. The van der Waals surface area contributed by atoms with Gasteiger partial charge in [-0.25, -0.2) is 4.79 Å². The summed E-state index contributed by atoms with van der Waals surface area (Å²) in [6.45, 7) is 6.86. The van der Waals surface area contributed by atoms with Crippen molar-refractivity contribution in [3.8, 4) is 0 Å². The molecular formula is C18H26N6O3S. The minimum Gasteiger partial charge on any atom is -0.467 e. The predicted molar refractivity (Wildman–Crippen MR) is 106 cm³/mol. The van der Waals surface area contributed by atoms with E-state index in [1.54, 1.807) is 13.2 Å². The van der Waals surface area contributed by atoms with Gasteiger partial charge in [0.05, 0.1) is 18.6 Å². The lowest BCUT2D eigenvalue weighted by Gasteiger charge is -2.31. The van der Waals surface area contributed by atoms with Crippen molar-refractivity contribution in [2.75, 3.05) is 30.3 Å². The lowest BCUT2D eigenvalue weighted by Crippen LogP contribution is -2.40. The van der Waals surface area contributed by atoms with E-state index in [0.717, 1.165) is 37.6 Å². The number of piperidine rings is 1. The number of anilines is 1. The highest BCUT2D eigenvalue weighted by atomic mass is 32.2. The summed E-state index contributed by atoms with van der Waals surface area (Å²) in [6.07, 6.45) is 3.87. The summed E-state index contributed by atoms with van der Waals surface area (Å²) in [6, 6.07) is 3.25. The summed E-state index contributed by atoms with van der Waals surface area (Å²) in [7, 11) is 0. The van der Waals surface area contributed by atoms with Crippen LogP contribution in [0, 0.1) is 5.92 Å². The number of furan rings is 1. The Morgan fingerprint density at radius 1 is 1.32 bits per heavy atom. The number of thioether (sulfide) groups is 1. The van der Waals surface area contributed by atoms with Crippen molar-refractivity contribution in [3.63, 3.8) is 0 Å². The van der Waals surface area contributed by atoms with Crippen LogP contribution in [0.25, 0.3) is 0 Å². The number of carbonyl (C=O) groups excluding carboxylic acids is 2. The van der Waals surface area contributed by atoms with Gasteiger partial charge in [-0.15, -0.1) is 10.2 Å². The number of hydrogen-bond acceptors (Lipinski definition) is 7. The Bertz CT molecular complexity index is 783. The first-order valence-electron chi connectivity index (χ1n) is 9.47. The maximum Gasteiger partial charge on any atom is 0.321 e. The number of urea groups is 1. The maximum atomic E-state index is 12.0. The third-order valence-corrected chi connectivity index (χ3v) is 5.55. The van der Waals surface area contributed by atoms with Crippen LogP contribution in [0.3, 0.4) is 0 Å². The molecule has 0 unspecified atom stereocenters. The Hall–Kier alpha value is -2.49. The number of amides is 3. The van der Waals surface area contributed by atoms with Crippen LogP contribution >= 0.6 is 11.8 Å². The van der Waals surface area contributed by atoms with E-state index >= 15 is 0 Å². The Balaban J connectivity index is 1.71. The standard InChI is InChI=1S/C18H26N6O3S/c1-3-19-16(26)20-15(25)12-28-18-22-21-17(23-8-6-13(2)7-9-23)24(18)11-14-5-4-10-27-14/h4-5,10,13H,3,6-9,11-12H2,1-2H3,(H2,19,20,25,26). The lowest BCUT2D eigenvalue weighted by atomic mass is 10.00. The zero-order chi connectivity index (χ0) is 19.9. The summed E-state index contributed by atoms with van der Waals surface area (Å²) < 4.78 is 7.46. The number of rotatable bonds is 7. The van der Waals surface area contributed by atoms with Crippen molar-refractivity contribution >= 4 is 29.6 Å². The topological polar surface area (TPSA) is 105 Å². The van der Waals surface area contributed by atoms with Crippen molar-refractivity contribution < 1.29 is 14.0 Å². The molecule has 1 saturated heterocycles. The molecule has 152 valence electrons. The Kier molecular flexibility index (Phi) is 6.96. The van der Waals surface area contributed by atoms with E-state index in [-0.39, 0.29) is 11.7 Å². The summed E-state index contributed by atoms with van der Waals surface area (Å²) in [5.74, 6) is 1.99. The average molecular weight is 407 g/mol. The minimum atomic E-state index is -0.492. The molecular weight excluding hydrogens is 380 g/mol. The van der Waals surface area contributed by atoms with Crippen molar-refractivity contribution in [2.24, 2.45) is 5.92 Å². The van der Waals surface area contributed by atoms with Gasteiger partial charge in [-0.3, -0.25) is 14.7 Å². The number of hydrogen-bond donors (Lipinski definition) is 2. The molecule has 2 N–H and O–H groups in total. The number of nitrogens with zero attached hydrogens (tertiary/aromatic N) is 4. The molecule has 0 atom stereocenters. The van der Waals surface area contributed by atoms with E-state index in [1.165, 1.54) is 11.8 Å². The first kappa shape index (κ1) is 20.2. The van der Waals surface area contributed by atoms with Crippen LogP contribution < -0.4 is 15.5 Å². The van der Waals surface area contributed by atoms with Crippen molar-refractivity contribution in [2.45, 2.75) is 38.4 Å². The fraction of sp³-hybridized carbons (Fsp3) is 0.556. The third-order valence-electron chi connectivity index (χ3n) is 4.58. The van der Waals surface area contributed by atoms with E-state index < -0.39 is 6.03 Å². The van der Waals surface area contributed by atoms with Crippen LogP contribution in [0.4, 0.5) is 10.7 Å². The fourth-order valence-electron chi connectivity index (χ4n) is 3.02. The molecule has 0 aliphatic carbocycles. The van der Waals surface area contributed by atoms with Crippen LogP contribution in [0.2, 0.25) is 0 Å². The summed E-state index contributed by atoms with van der Waals surface area (Å²) in [4.78, 5) is 25.7. The molecule has 0 radical (unpaired) electrons. The Labute approximate surface area is 168 Å². The highest BCUT2D eigenvalue weighted by molar-refractivity contribution is 7.99. The molecule has 0 aromatic carbocycles. The number of nitrogens with one attached hydrogen (secondary N) is 2. The molecule has 0 bridgehead atoms. The van der Waals surface area contributed by atoms with Gasteiger partial charge in [0.1, 0.15) is 5.76 Å². The molecule has 10 heteroatoms. The number of imide groups is 1. The predicted octanol–water partition coefficient (Wildman–Crippen LogP) is 2.09.